The van der Waals surface area contributed by atoms with Crippen LogP contribution in [0, 0.1) is 5.95 Å². The summed E-state index contributed by atoms with van der Waals surface area (Å²) < 4.78 is 13.8. The molecule has 0 saturated heterocycles. The van der Waals surface area contributed by atoms with Gasteiger partial charge in [0.15, 0.2) is 0 Å². The van der Waals surface area contributed by atoms with Crippen LogP contribution in [0.15, 0.2) is 47.1 Å². The smallest absolute Gasteiger partial charge is 0.214 e. The summed E-state index contributed by atoms with van der Waals surface area (Å²) in [5.74, 6) is -0.471. The van der Waals surface area contributed by atoms with Crippen molar-refractivity contribution in [1.29, 1.82) is 0 Å². The Kier molecular flexibility index (Phi) is 3.51. The van der Waals surface area contributed by atoms with Crippen molar-refractivity contribution in [2.24, 2.45) is 0 Å². The largest absolute Gasteiger partial charge is 0.381 e. The highest BCUT2D eigenvalue weighted by molar-refractivity contribution is 9.10. The number of halogens is 2. The fourth-order valence-corrected chi connectivity index (χ4v) is 1.58. The number of anilines is 1. The molecule has 0 aliphatic carbocycles. The molecular formula is C12H10BrFN2. The van der Waals surface area contributed by atoms with Crippen molar-refractivity contribution in [3.05, 3.63) is 58.6 Å². The highest BCUT2D eigenvalue weighted by Gasteiger charge is 1.96. The van der Waals surface area contributed by atoms with Gasteiger partial charge < -0.3 is 5.32 Å². The molecule has 0 saturated carbocycles. The molecule has 1 N–H and O–H groups in total. The number of nitrogens with zero attached hydrogens (tertiary/aromatic N) is 1. The second-order valence-electron chi connectivity index (χ2n) is 3.35. The van der Waals surface area contributed by atoms with Gasteiger partial charge in [-0.3, -0.25) is 0 Å². The summed E-state index contributed by atoms with van der Waals surface area (Å²) in [6, 6.07) is 11.1. The van der Waals surface area contributed by atoms with E-state index in [0.717, 1.165) is 15.7 Å². The van der Waals surface area contributed by atoms with Crippen LogP contribution in [-0.4, -0.2) is 4.98 Å². The zero-order valence-electron chi connectivity index (χ0n) is 8.45. The number of rotatable bonds is 3. The fraction of sp³-hybridized carbons (Fsp3) is 0.0833. The van der Waals surface area contributed by atoms with Gasteiger partial charge in [0.2, 0.25) is 5.95 Å². The second kappa shape index (κ2) is 5.07. The van der Waals surface area contributed by atoms with Crippen molar-refractivity contribution in [1.82, 2.24) is 4.98 Å². The van der Waals surface area contributed by atoms with Crippen LogP contribution in [0.5, 0.6) is 0 Å². The first-order valence-corrected chi connectivity index (χ1v) is 5.63. The van der Waals surface area contributed by atoms with Gasteiger partial charge in [-0.15, -0.1) is 0 Å². The molecule has 0 bridgehead atoms. The maximum absolute atomic E-state index is 12.8. The molecule has 82 valence electrons. The molecule has 1 aromatic carbocycles. The Morgan fingerprint density at radius 1 is 1.19 bits per heavy atom. The number of hydrogen-bond donors (Lipinski definition) is 1. The van der Waals surface area contributed by atoms with Crippen LogP contribution in [0.4, 0.5) is 10.1 Å². The van der Waals surface area contributed by atoms with E-state index in [-0.39, 0.29) is 0 Å². The third-order valence-electron chi connectivity index (χ3n) is 2.14. The Morgan fingerprint density at radius 2 is 1.94 bits per heavy atom. The molecule has 2 nitrogen and oxygen atoms in total. The topological polar surface area (TPSA) is 24.9 Å². The summed E-state index contributed by atoms with van der Waals surface area (Å²) in [5.41, 5.74) is 1.87. The van der Waals surface area contributed by atoms with E-state index >= 15 is 0 Å². The lowest BCUT2D eigenvalue weighted by atomic mass is 10.2. The molecule has 16 heavy (non-hydrogen) atoms. The normalized spacial score (nSPS) is 10.1. The van der Waals surface area contributed by atoms with E-state index in [1.165, 1.54) is 12.3 Å². The van der Waals surface area contributed by atoms with Crippen LogP contribution in [0.3, 0.4) is 0 Å². The monoisotopic (exact) mass is 280 g/mol. The molecular weight excluding hydrogens is 271 g/mol. The first-order chi connectivity index (χ1) is 7.74. The quantitative estimate of drug-likeness (QED) is 0.869. The van der Waals surface area contributed by atoms with Gasteiger partial charge in [0.25, 0.3) is 0 Å². The molecule has 4 heteroatoms. The van der Waals surface area contributed by atoms with E-state index in [1.807, 2.05) is 24.3 Å². The van der Waals surface area contributed by atoms with Crippen LogP contribution in [0.25, 0.3) is 0 Å². The molecule has 1 aromatic heterocycles. The molecule has 2 aromatic rings. The summed E-state index contributed by atoms with van der Waals surface area (Å²) in [5, 5.41) is 3.13. The molecule has 0 atom stereocenters. The number of nitrogens with one attached hydrogen (secondary N) is 1. The van der Waals surface area contributed by atoms with Crippen molar-refractivity contribution in [2.75, 3.05) is 5.32 Å². The van der Waals surface area contributed by atoms with Gasteiger partial charge in [0, 0.05) is 29.0 Å². The first-order valence-electron chi connectivity index (χ1n) is 4.84. The lowest BCUT2D eigenvalue weighted by Gasteiger charge is -2.06. The van der Waals surface area contributed by atoms with Gasteiger partial charge in [-0.1, -0.05) is 28.1 Å². The van der Waals surface area contributed by atoms with Crippen molar-refractivity contribution in [3.8, 4) is 0 Å². The number of benzene rings is 1. The Labute approximate surface area is 102 Å². The van der Waals surface area contributed by atoms with Crippen LogP contribution in [0.2, 0.25) is 0 Å². The standard InChI is InChI=1S/C12H10BrFN2/c13-10-3-1-9(2-4-10)8-16-11-5-6-15-12(14)7-11/h1-7H,8H2,(H,15,16). The van der Waals surface area contributed by atoms with Crippen molar-refractivity contribution in [2.45, 2.75) is 6.54 Å². The average molecular weight is 281 g/mol. The van der Waals surface area contributed by atoms with Crippen molar-refractivity contribution < 1.29 is 4.39 Å². The molecule has 0 aliphatic rings. The maximum atomic E-state index is 12.8. The molecule has 0 unspecified atom stereocenters. The minimum atomic E-state index is -0.471. The second-order valence-corrected chi connectivity index (χ2v) is 4.26. The van der Waals surface area contributed by atoms with Gasteiger partial charge in [-0.2, -0.15) is 4.39 Å². The summed E-state index contributed by atoms with van der Waals surface area (Å²) in [4.78, 5) is 3.49. The third kappa shape index (κ3) is 3.03. The Bertz CT molecular complexity index is 471. The predicted octanol–water partition coefficient (Wildman–Crippen LogP) is 3.60. The van der Waals surface area contributed by atoms with E-state index in [0.29, 0.717) is 6.54 Å². The summed E-state index contributed by atoms with van der Waals surface area (Å²) >= 11 is 3.37. The van der Waals surface area contributed by atoms with Gasteiger partial charge in [-0.05, 0) is 23.8 Å². The lowest BCUT2D eigenvalue weighted by Crippen LogP contribution is -1.99. The molecule has 0 radical (unpaired) electrons. The number of aromatic nitrogens is 1. The van der Waals surface area contributed by atoms with E-state index < -0.39 is 5.95 Å². The highest BCUT2D eigenvalue weighted by Crippen LogP contribution is 2.13. The van der Waals surface area contributed by atoms with Crippen LogP contribution in [0.1, 0.15) is 5.56 Å². The molecule has 0 amide bonds. The summed E-state index contributed by atoms with van der Waals surface area (Å²) in [6.45, 7) is 0.663. The Balaban J connectivity index is 1.99. The van der Waals surface area contributed by atoms with Gasteiger partial charge in [-0.25, -0.2) is 4.98 Å². The Hall–Kier alpha value is -1.42. The van der Waals surface area contributed by atoms with E-state index in [1.54, 1.807) is 6.07 Å². The third-order valence-corrected chi connectivity index (χ3v) is 2.67. The zero-order valence-corrected chi connectivity index (χ0v) is 10.0. The van der Waals surface area contributed by atoms with Gasteiger partial charge >= 0.3 is 0 Å². The fourth-order valence-electron chi connectivity index (χ4n) is 1.32. The van der Waals surface area contributed by atoms with Crippen LogP contribution < -0.4 is 5.32 Å². The van der Waals surface area contributed by atoms with E-state index in [9.17, 15) is 4.39 Å². The molecule has 2 rings (SSSR count). The van der Waals surface area contributed by atoms with Gasteiger partial charge in [0.1, 0.15) is 0 Å². The maximum Gasteiger partial charge on any atom is 0.214 e. The minimum Gasteiger partial charge on any atom is -0.381 e. The highest BCUT2D eigenvalue weighted by atomic mass is 79.9. The molecule has 0 fully saturated rings. The van der Waals surface area contributed by atoms with Crippen molar-refractivity contribution >= 4 is 21.6 Å². The average Bonchev–Trinajstić information content (AvgIpc) is 2.28. The molecule has 1 heterocycles. The van der Waals surface area contributed by atoms with Crippen molar-refractivity contribution in [3.63, 3.8) is 0 Å². The molecule has 0 spiro atoms. The predicted molar refractivity (Wildman–Crippen MR) is 65.7 cm³/mol. The number of hydrogen-bond acceptors (Lipinski definition) is 2. The van der Waals surface area contributed by atoms with Crippen LogP contribution in [-0.2, 0) is 6.54 Å². The SMILES string of the molecule is Fc1cc(NCc2ccc(Br)cc2)ccn1. The lowest BCUT2D eigenvalue weighted by molar-refractivity contribution is 0.584. The summed E-state index contributed by atoms with van der Waals surface area (Å²) in [7, 11) is 0. The van der Waals surface area contributed by atoms with E-state index in [4.69, 9.17) is 0 Å². The minimum absolute atomic E-state index is 0.471. The Morgan fingerprint density at radius 3 is 2.62 bits per heavy atom. The van der Waals surface area contributed by atoms with Gasteiger partial charge in [0.05, 0.1) is 0 Å². The zero-order chi connectivity index (χ0) is 11.4. The summed E-state index contributed by atoms with van der Waals surface area (Å²) in [6.07, 6.45) is 1.44. The molecule has 0 aliphatic heterocycles. The van der Waals surface area contributed by atoms with Crippen LogP contribution >= 0.6 is 15.9 Å². The number of pyridine rings is 1. The van der Waals surface area contributed by atoms with E-state index in [2.05, 4.69) is 26.2 Å². The first kappa shape index (κ1) is 11.1.